The Balaban J connectivity index is 2.01. The van der Waals surface area contributed by atoms with Gasteiger partial charge in [-0.05, 0) is 38.3 Å². The van der Waals surface area contributed by atoms with Crippen LogP contribution in [0.2, 0.25) is 0 Å². The number of aryl methyl sites for hydroxylation is 1. The third-order valence-corrected chi connectivity index (χ3v) is 3.23. The minimum atomic E-state index is -0.782. The number of benzene rings is 1. The summed E-state index contributed by atoms with van der Waals surface area (Å²) in [5, 5.41) is 12.4. The molecule has 1 fully saturated rings. The Morgan fingerprint density at radius 2 is 2.24 bits per heavy atom. The quantitative estimate of drug-likeness (QED) is 0.841. The highest BCUT2D eigenvalue weighted by atomic mass is 19.1. The molecule has 3 nitrogen and oxygen atoms in total. The number of hydrogen-bond donors (Lipinski definition) is 2. The van der Waals surface area contributed by atoms with Gasteiger partial charge >= 0.3 is 0 Å². The van der Waals surface area contributed by atoms with Gasteiger partial charge < -0.3 is 10.4 Å². The van der Waals surface area contributed by atoms with Crippen molar-refractivity contribution in [2.45, 2.75) is 31.8 Å². The van der Waals surface area contributed by atoms with E-state index in [1.165, 1.54) is 12.1 Å². The van der Waals surface area contributed by atoms with Gasteiger partial charge in [0.25, 0.3) is 5.91 Å². The van der Waals surface area contributed by atoms with Crippen LogP contribution in [0.1, 0.15) is 35.2 Å². The van der Waals surface area contributed by atoms with Crippen molar-refractivity contribution in [3.8, 4) is 0 Å². The highest BCUT2D eigenvalue weighted by Crippen LogP contribution is 2.30. The smallest absolute Gasteiger partial charge is 0.254 e. The van der Waals surface area contributed by atoms with Crippen LogP contribution in [-0.2, 0) is 0 Å². The second kappa shape index (κ2) is 4.45. The lowest BCUT2D eigenvalue weighted by molar-refractivity contribution is -0.0300. The molecule has 0 saturated heterocycles. The fourth-order valence-corrected chi connectivity index (χ4v) is 1.91. The van der Waals surface area contributed by atoms with Gasteiger partial charge in [-0.25, -0.2) is 4.39 Å². The first-order valence-corrected chi connectivity index (χ1v) is 5.77. The number of hydrogen-bond acceptors (Lipinski definition) is 2. The molecule has 0 heterocycles. The van der Waals surface area contributed by atoms with Gasteiger partial charge in [0.1, 0.15) is 5.82 Å². The second-order valence-electron chi connectivity index (χ2n) is 4.74. The number of halogens is 1. The molecule has 1 amide bonds. The molecular formula is C13H16FNO2. The molecule has 0 aliphatic heterocycles. The molecule has 0 atom stereocenters. The van der Waals surface area contributed by atoms with Gasteiger partial charge in [-0.3, -0.25) is 4.79 Å². The zero-order valence-electron chi connectivity index (χ0n) is 9.79. The molecule has 0 unspecified atom stereocenters. The molecule has 17 heavy (non-hydrogen) atoms. The van der Waals surface area contributed by atoms with Crippen molar-refractivity contribution in [3.05, 3.63) is 35.1 Å². The van der Waals surface area contributed by atoms with Gasteiger partial charge in [-0.2, -0.15) is 0 Å². The Hall–Kier alpha value is -1.42. The topological polar surface area (TPSA) is 49.3 Å². The molecule has 0 aromatic heterocycles. The number of rotatable bonds is 3. The molecule has 4 heteroatoms. The Kier molecular flexibility index (Phi) is 3.15. The van der Waals surface area contributed by atoms with E-state index in [4.69, 9.17) is 0 Å². The van der Waals surface area contributed by atoms with E-state index in [9.17, 15) is 14.3 Å². The van der Waals surface area contributed by atoms with E-state index in [0.29, 0.717) is 12.8 Å². The van der Waals surface area contributed by atoms with Crippen LogP contribution < -0.4 is 5.32 Å². The first-order valence-electron chi connectivity index (χ1n) is 5.77. The largest absolute Gasteiger partial charge is 0.388 e. The van der Waals surface area contributed by atoms with Gasteiger partial charge in [0, 0.05) is 6.54 Å². The third kappa shape index (κ3) is 2.64. The van der Waals surface area contributed by atoms with Crippen LogP contribution >= 0.6 is 0 Å². The standard InChI is InChI=1S/C13H16FNO2/c1-9-3-4-11(14)10(7-9)12(16)15-8-13(17)5-2-6-13/h3-4,7,17H,2,5-6,8H2,1H3,(H,15,16). The van der Waals surface area contributed by atoms with Crippen LogP contribution in [-0.4, -0.2) is 23.2 Å². The zero-order chi connectivity index (χ0) is 12.5. The summed E-state index contributed by atoms with van der Waals surface area (Å²) < 4.78 is 13.4. The molecule has 1 aliphatic carbocycles. The maximum atomic E-state index is 13.4. The maximum absolute atomic E-state index is 13.4. The van der Waals surface area contributed by atoms with Crippen LogP contribution in [0.4, 0.5) is 4.39 Å². The summed E-state index contributed by atoms with van der Waals surface area (Å²) in [5.74, 6) is -1.000. The van der Waals surface area contributed by atoms with Crippen molar-refractivity contribution in [1.82, 2.24) is 5.32 Å². The van der Waals surface area contributed by atoms with Gasteiger partial charge in [-0.15, -0.1) is 0 Å². The number of aliphatic hydroxyl groups is 1. The maximum Gasteiger partial charge on any atom is 0.254 e. The summed E-state index contributed by atoms with van der Waals surface area (Å²) in [7, 11) is 0. The van der Waals surface area contributed by atoms with Crippen LogP contribution in [0, 0.1) is 12.7 Å². The Bertz CT molecular complexity index is 441. The van der Waals surface area contributed by atoms with E-state index >= 15 is 0 Å². The van der Waals surface area contributed by atoms with E-state index in [0.717, 1.165) is 12.0 Å². The third-order valence-electron chi connectivity index (χ3n) is 3.23. The molecule has 0 bridgehead atoms. The van der Waals surface area contributed by atoms with Gasteiger partial charge in [0.05, 0.1) is 11.2 Å². The Labute approximate surface area is 99.7 Å². The van der Waals surface area contributed by atoms with E-state index < -0.39 is 17.3 Å². The number of amides is 1. The van der Waals surface area contributed by atoms with Crippen molar-refractivity contribution in [3.63, 3.8) is 0 Å². The minimum absolute atomic E-state index is 0.0351. The van der Waals surface area contributed by atoms with E-state index in [1.54, 1.807) is 13.0 Å². The average Bonchev–Trinajstić information content (AvgIpc) is 2.26. The van der Waals surface area contributed by atoms with Crippen LogP contribution in [0.5, 0.6) is 0 Å². The lowest BCUT2D eigenvalue weighted by Crippen LogP contribution is -2.47. The summed E-state index contributed by atoms with van der Waals surface area (Å²) in [6.45, 7) is 1.99. The second-order valence-corrected chi connectivity index (χ2v) is 4.74. The highest BCUT2D eigenvalue weighted by molar-refractivity contribution is 5.94. The molecule has 0 spiro atoms. The summed E-state index contributed by atoms with van der Waals surface area (Å²) in [6.07, 6.45) is 2.37. The molecule has 2 rings (SSSR count). The van der Waals surface area contributed by atoms with Gasteiger partial charge in [0.2, 0.25) is 0 Å². The Morgan fingerprint density at radius 3 is 2.82 bits per heavy atom. The summed E-state index contributed by atoms with van der Waals surface area (Å²) in [4.78, 5) is 11.7. The first kappa shape index (κ1) is 12.0. The lowest BCUT2D eigenvalue weighted by atomic mass is 9.80. The van der Waals surface area contributed by atoms with Crippen molar-refractivity contribution in [1.29, 1.82) is 0 Å². The zero-order valence-corrected chi connectivity index (χ0v) is 9.79. The summed E-state index contributed by atoms with van der Waals surface area (Å²) in [5.41, 5.74) is 0.0857. The first-order chi connectivity index (χ1) is 8.00. The number of carbonyl (C=O) groups is 1. The van der Waals surface area contributed by atoms with Crippen molar-refractivity contribution in [2.24, 2.45) is 0 Å². The predicted molar refractivity (Wildman–Crippen MR) is 62.3 cm³/mol. The lowest BCUT2D eigenvalue weighted by Gasteiger charge is -2.36. The predicted octanol–water partition coefficient (Wildman–Crippen LogP) is 1.78. The molecule has 1 aliphatic rings. The Morgan fingerprint density at radius 1 is 1.53 bits per heavy atom. The van der Waals surface area contributed by atoms with Gasteiger partial charge in [0.15, 0.2) is 0 Å². The number of carbonyl (C=O) groups excluding carboxylic acids is 1. The molecule has 0 radical (unpaired) electrons. The molecule has 1 aromatic rings. The molecule has 1 aromatic carbocycles. The summed E-state index contributed by atoms with van der Waals surface area (Å²) in [6, 6.07) is 4.41. The monoisotopic (exact) mass is 237 g/mol. The van der Waals surface area contributed by atoms with Crippen molar-refractivity contribution in [2.75, 3.05) is 6.54 Å². The van der Waals surface area contributed by atoms with Crippen molar-refractivity contribution >= 4 is 5.91 Å². The average molecular weight is 237 g/mol. The molecular weight excluding hydrogens is 221 g/mol. The van der Waals surface area contributed by atoms with Crippen LogP contribution in [0.15, 0.2) is 18.2 Å². The highest BCUT2D eigenvalue weighted by Gasteiger charge is 2.34. The van der Waals surface area contributed by atoms with E-state index in [-0.39, 0.29) is 12.1 Å². The van der Waals surface area contributed by atoms with Crippen LogP contribution in [0.3, 0.4) is 0 Å². The van der Waals surface area contributed by atoms with Gasteiger partial charge in [-0.1, -0.05) is 11.6 Å². The van der Waals surface area contributed by atoms with Crippen molar-refractivity contribution < 1.29 is 14.3 Å². The SMILES string of the molecule is Cc1ccc(F)c(C(=O)NCC2(O)CCC2)c1. The normalized spacial score (nSPS) is 17.4. The van der Waals surface area contributed by atoms with E-state index in [2.05, 4.69) is 5.32 Å². The number of nitrogens with one attached hydrogen (secondary N) is 1. The molecule has 92 valence electrons. The van der Waals surface area contributed by atoms with Crippen LogP contribution in [0.25, 0.3) is 0 Å². The van der Waals surface area contributed by atoms with E-state index in [1.807, 2.05) is 0 Å². The summed E-state index contributed by atoms with van der Waals surface area (Å²) >= 11 is 0. The fourth-order valence-electron chi connectivity index (χ4n) is 1.91. The molecule has 2 N–H and O–H groups in total. The minimum Gasteiger partial charge on any atom is -0.388 e. The fraction of sp³-hybridized carbons (Fsp3) is 0.462. The molecule has 1 saturated carbocycles.